The van der Waals surface area contributed by atoms with Crippen molar-refractivity contribution in [3.05, 3.63) is 35.4 Å². The maximum Gasteiger partial charge on any atom is 0.303 e. The van der Waals surface area contributed by atoms with Crippen molar-refractivity contribution in [1.82, 2.24) is 0 Å². The monoisotopic (exact) mass is 276 g/mol. The minimum atomic E-state index is -0.669. The van der Waals surface area contributed by atoms with Gasteiger partial charge in [-0.2, -0.15) is 0 Å². The van der Waals surface area contributed by atoms with E-state index in [1.807, 2.05) is 0 Å². The van der Waals surface area contributed by atoms with E-state index in [2.05, 4.69) is 31.2 Å². The number of carboxylic acid groups (broad SMARTS) is 1. The third kappa shape index (κ3) is 7.32. The highest BCUT2D eigenvalue weighted by atomic mass is 16.4. The lowest BCUT2D eigenvalue weighted by Gasteiger charge is -2.08. The molecule has 0 aliphatic heterocycles. The third-order valence-electron chi connectivity index (χ3n) is 3.72. The van der Waals surface area contributed by atoms with Gasteiger partial charge >= 0.3 is 5.97 Å². The van der Waals surface area contributed by atoms with E-state index in [1.54, 1.807) is 0 Å². The first kappa shape index (κ1) is 16.7. The topological polar surface area (TPSA) is 37.3 Å². The van der Waals surface area contributed by atoms with Gasteiger partial charge in [0.05, 0.1) is 0 Å². The number of benzene rings is 1. The quantitative estimate of drug-likeness (QED) is 0.578. The van der Waals surface area contributed by atoms with Crippen LogP contribution in [-0.2, 0) is 17.6 Å². The standard InChI is InChI=1S/C18H28O2/c1-2-11-16-13-9-10-14-17(16)12-7-5-3-4-6-8-15-18(19)20/h9-10,13-14H,2-8,11-12,15H2,1H3,(H,19,20). The summed E-state index contributed by atoms with van der Waals surface area (Å²) in [5, 5.41) is 8.55. The van der Waals surface area contributed by atoms with Crippen molar-refractivity contribution in [2.24, 2.45) is 0 Å². The van der Waals surface area contributed by atoms with Gasteiger partial charge in [0.1, 0.15) is 0 Å². The zero-order valence-electron chi connectivity index (χ0n) is 12.7. The summed E-state index contributed by atoms with van der Waals surface area (Å²) in [6, 6.07) is 8.79. The van der Waals surface area contributed by atoms with E-state index in [0.717, 1.165) is 12.8 Å². The number of aryl methyl sites for hydroxylation is 2. The van der Waals surface area contributed by atoms with Crippen molar-refractivity contribution >= 4 is 5.97 Å². The van der Waals surface area contributed by atoms with Crippen LogP contribution >= 0.6 is 0 Å². The Bertz CT molecular complexity index is 385. The molecule has 0 atom stereocenters. The fourth-order valence-corrected chi connectivity index (χ4v) is 2.61. The van der Waals surface area contributed by atoms with Crippen molar-refractivity contribution in [2.75, 3.05) is 0 Å². The summed E-state index contributed by atoms with van der Waals surface area (Å²) in [4.78, 5) is 10.4. The molecule has 0 heterocycles. The molecule has 0 aliphatic carbocycles. The molecule has 0 fully saturated rings. The predicted molar refractivity (Wildman–Crippen MR) is 84.1 cm³/mol. The van der Waals surface area contributed by atoms with Crippen LogP contribution in [0.15, 0.2) is 24.3 Å². The Morgan fingerprint density at radius 3 is 2.05 bits per heavy atom. The number of hydrogen-bond acceptors (Lipinski definition) is 1. The van der Waals surface area contributed by atoms with E-state index < -0.39 is 5.97 Å². The van der Waals surface area contributed by atoms with Crippen molar-refractivity contribution in [3.8, 4) is 0 Å². The van der Waals surface area contributed by atoms with Gasteiger partial charge < -0.3 is 5.11 Å². The molecule has 1 aromatic rings. The molecule has 0 radical (unpaired) electrons. The molecule has 0 aromatic heterocycles. The molecule has 0 amide bonds. The van der Waals surface area contributed by atoms with Crippen LogP contribution in [-0.4, -0.2) is 11.1 Å². The summed E-state index contributed by atoms with van der Waals surface area (Å²) in [7, 11) is 0. The molecule has 1 rings (SSSR count). The molecule has 0 aliphatic rings. The SMILES string of the molecule is CCCc1ccccc1CCCCCCCCC(=O)O. The Morgan fingerprint density at radius 2 is 1.45 bits per heavy atom. The van der Waals surface area contributed by atoms with Crippen molar-refractivity contribution in [2.45, 2.75) is 71.1 Å². The summed E-state index contributed by atoms with van der Waals surface area (Å²) in [6.45, 7) is 2.23. The minimum absolute atomic E-state index is 0.324. The maximum atomic E-state index is 10.4. The van der Waals surface area contributed by atoms with Crippen LogP contribution in [0.3, 0.4) is 0 Å². The van der Waals surface area contributed by atoms with Gasteiger partial charge in [0, 0.05) is 6.42 Å². The zero-order chi connectivity index (χ0) is 14.6. The summed E-state index contributed by atoms with van der Waals surface area (Å²) in [6.07, 6.45) is 10.7. The molecular formula is C18H28O2. The molecule has 0 unspecified atom stereocenters. The van der Waals surface area contributed by atoms with Gasteiger partial charge in [0.2, 0.25) is 0 Å². The van der Waals surface area contributed by atoms with E-state index >= 15 is 0 Å². The highest BCUT2D eigenvalue weighted by Gasteiger charge is 2.01. The lowest BCUT2D eigenvalue weighted by molar-refractivity contribution is -0.137. The molecule has 1 N–H and O–H groups in total. The molecular weight excluding hydrogens is 248 g/mol. The molecule has 0 saturated heterocycles. The van der Waals surface area contributed by atoms with E-state index in [4.69, 9.17) is 5.11 Å². The van der Waals surface area contributed by atoms with Gasteiger partial charge in [0.15, 0.2) is 0 Å². The van der Waals surface area contributed by atoms with Crippen LogP contribution in [0.4, 0.5) is 0 Å². The average Bonchev–Trinajstić information content (AvgIpc) is 2.43. The molecule has 20 heavy (non-hydrogen) atoms. The first-order valence-electron chi connectivity index (χ1n) is 8.02. The average molecular weight is 276 g/mol. The third-order valence-corrected chi connectivity index (χ3v) is 3.72. The van der Waals surface area contributed by atoms with Gasteiger partial charge in [0.25, 0.3) is 0 Å². The maximum absolute atomic E-state index is 10.4. The number of rotatable bonds is 11. The van der Waals surface area contributed by atoms with E-state index in [0.29, 0.717) is 6.42 Å². The normalized spacial score (nSPS) is 10.7. The molecule has 2 heteroatoms. The Hall–Kier alpha value is -1.31. The van der Waals surface area contributed by atoms with E-state index in [9.17, 15) is 4.79 Å². The second-order valence-electron chi connectivity index (χ2n) is 5.53. The molecule has 0 saturated carbocycles. The van der Waals surface area contributed by atoms with E-state index in [-0.39, 0.29) is 0 Å². The minimum Gasteiger partial charge on any atom is -0.481 e. The second kappa shape index (κ2) is 10.5. The van der Waals surface area contributed by atoms with Crippen molar-refractivity contribution < 1.29 is 9.90 Å². The fraction of sp³-hybridized carbons (Fsp3) is 0.611. The van der Waals surface area contributed by atoms with Crippen LogP contribution in [0.2, 0.25) is 0 Å². The summed E-state index contributed by atoms with van der Waals surface area (Å²) in [5.74, 6) is -0.669. The largest absolute Gasteiger partial charge is 0.481 e. The van der Waals surface area contributed by atoms with Crippen LogP contribution in [0.25, 0.3) is 0 Å². The fourth-order valence-electron chi connectivity index (χ4n) is 2.61. The number of aliphatic carboxylic acids is 1. The van der Waals surface area contributed by atoms with Gasteiger partial charge in [-0.3, -0.25) is 4.79 Å². The van der Waals surface area contributed by atoms with Gasteiger partial charge in [-0.05, 0) is 36.8 Å². The second-order valence-corrected chi connectivity index (χ2v) is 5.53. The van der Waals surface area contributed by atoms with E-state index in [1.165, 1.54) is 56.1 Å². The number of carbonyl (C=O) groups is 1. The number of carboxylic acids is 1. The van der Waals surface area contributed by atoms with Crippen LogP contribution in [0, 0.1) is 0 Å². The molecule has 1 aromatic carbocycles. The zero-order valence-corrected chi connectivity index (χ0v) is 12.7. The molecule has 0 bridgehead atoms. The summed E-state index contributed by atoms with van der Waals surface area (Å²) >= 11 is 0. The number of hydrogen-bond donors (Lipinski definition) is 1. The highest BCUT2D eigenvalue weighted by molar-refractivity contribution is 5.66. The van der Waals surface area contributed by atoms with Gasteiger partial charge in [-0.15, -0.1) is 0 Å². The first-order chi connectivity index (χ1) is 9.74. The Balaban J connectivity index is 2.10. The Morgan fingerprint density at radius 1 is 0.900 bits per heavy atom. The van der Waals surface area contributed by atoms with Crippen LogP contribution in [0.1, 0.15) is 69.4 Å². The first-order valence-corrected chi connectivity index (χ1v) is 8.02. The Kier molecular flexibility index (Phi) is 8.77. The molecule has 112 valence electrons. The van der Waals surface area contributed by atoms with Gasteiger partial charge in [-0.25, -0.2) is 0 Å². The summed E-state index contributed by atoms with van der Waals surface area (Å²) in [5.41, 5.74) is 3.02. The number of unbranched alkanes of at least 4 members (excludes halogenated alkanes) is 5. The van der Waals surface area contributed by atoms with Crippen molar-refractivity contribution in [1.29, 1.82) is 0 Å². The smallest absolute Gasteiger partial charge is 0.303 e. The lowest BCUT2D eigenvalue weighted by atomic mass is 9.98. The van der Waals surface area contributed by atoms with Crippen LogP contribution in [0.5, 0.6) is 0 Å². The lowest BCUT2D eigenvalue weighted by Crippen LogP contribution is -1.95. The van der Waals surface area contributed by atoms with Crippen LogP contribution < -0.4 is 0 Å². The highest BCUT2D eigenvalue weighted by Crippen LogP contribution is 2.15. The van der Waals surface area contributed by atoms with Gasteiger partial charge in [-0.1, -0.05) is 63.3 Å². The molecule has 0 spiro atoms. The molecule has 2 nitrogen and oxygen atoms in total. The van der Waals surface area contributed by atoms with Crippen molar-refractivity contribution in [3.63, 3.8) is 0 Å². The Labute approximate surface area is 123 Å². The predicted octanol–water partition coefficient (Wildman–Crippen LogP) is 5.00. The summed E-state index contributed by atoms with van der Waals surface area (Å²) < 4.78 is 0.